The van der Waals surface area contributed by atoms with Crippen LogP contribution < -0.4 is 10.1 Å². The van der Waals surface area contributed by atoms with Gasteiger partial charge in [0.2, 0.25) is 0 Å². The van der Waals surface area contributed by atoms with E-state index in [9.17, 15) is 14.4 Å². The Morgan fingerprint density at radius 1 is 1.12 bits per heavy atom. The van der Waals surface area contributed by atoms with E-state index in [0.717, 1.165) is 0 Å². The average Bonchev–Trinajstić information content (AvgIpc) is 2.64. The number of hydrogen-bond donors (Lipinski definition) is 1. The summed E-state index contributed by atoms with van der Waals surface area (Å²) in [5, 5.41) is 2.67. The number of para-hydroxylation sites is 1. The van der Waals surface area contributed by atoms with Gasteiger partial charge in [0.25, 0.3) is 11.8 Å². The summed E-state index contributed by atoms with van der Waals surface area (Å²) in [4.78, 5) is 35.4. The summed E-state index contributed by atoms with van der Waals surface area (Å²) in [5.41, 5.74) is 0.917. The van der Waals surface area contributed by atoms with Crippen LogP contribution in [0.15, 0.2) is 54.6 Å². The second-order valence-electron chi connectivity index (χ2n) is 5.07. The third-order valence-electron chi connectivity index (χ3n) is 3.21. The predicted molar refractivity (Wildman–Crippen MR) is 96.9 cm³/mol. The van der Waals surface area contributed by atoms with Crippen LogP contribution in [-0.2, 0) is 14.3 Å². The largest absolute Gasteiger partial charge is 0.496 e. The monoisotopic (exact) mass is 373 g/mol. The van der Waals surface area contributed by atoms with Gasteiger partial charge in [-0.25, -0.2) is 4.79 Å². The highest BCUT2D eigenvalue weighted by atomic mass is 35.5. The lowest BCUT2D eigenvalue weighted by Crippen LogP contribution is -2.34. The van der Waals surface area contributed by atoms with Crippen molar-refractivity contribution in [3.63, 3.8) is 0 Å². The first-order valence-electron chi connectivity index (χ1n) is 7.57. The SMILES string of the molecule is COc1ccccc1C(=O)NC(=O)COC(=O)/C=C/c1cccc(Cl)c1. The maximum atomic E-state index is 12.0. The summed E-state index contributed by atoms with van der Waals surface area (Å²) in [6.45, 7) is -0.584. The Morgan fingerprint density at radius 2 is 1.88 bits per heavy atom. The molecule has 1 N–H and O–H groups in total. The maximum absolute atomic E-state index is 12.0. The Hall–Kier alpha value is -3.12. The second kappa shape index (κ2) is 9.39. The molecule has 0 aliphatic carbocycles. The molecule has 0 heterocycles. The molecule has 6 nitrogen and oxygen atoms in total. The number of hydrogen-bond acceptors (Lipinski definition) is 5. The third-order valence-corrected chi connectivity index (χ3v) is 3.45. The molecule has 2 aromatic carbocycles. The number of methoxy groups -OCH3 is 1. The van der Waals surface area contributed by atoms with Crippen LogP contribution in [0, 0.1) is 0 Å². The van der Waals surface area contributed by atoms with Crippen LogP contribution in [0.25, 0.3) is 6.08 Å². The Morgan fingerprint density at radius 3 is 2.62 bits per heavy atom. The van der Waals surface area contributed by atoms with Gasteiger partial charge in [0.15, 0.2) is 6.61 Å². The number of imide groups is 1. The van der Waals surface area contributed by atoms with Gasteiger partial charge in [-0.05, 0) is 35.9 Å². The number of benzene rings is 2. The topological polar surface area (TPSA) is 81.7 Å². The minimum absolute atomic E-state index is 0.204. The number of carbonyl (C=O) groups is 3. The Balaban J connectivity index is 1.84. The van der Waals surface area contributed by atoms with Crippen molar-refractivity contribution in [3.8, 4) is 5.75 Å². The van der Waals surface area contributed by atoms with Gasteiger partial charge in [-0.3, -0.25) is 14.9 Å². The number of carbonyl (C=O) groups excluding carboxylic acids is 3. The molecule has 0 aliphatic rings. The second-order valence-corrected chi connectivity index (χ2v) is 5.51. The zero-order valence-electron chi connectivity index (χ0n) is 13.9. The molecule has 0 bridgehead atoms. The normalized spacial score (nSPS) is 10.4. The smallest absolute Gasteiger partial charge is 0.331 e. The molecule has 0 saturated carbocycles. The molecule has 0 atom stereocenters. The van der Waals surface area contributed by atoms with Gasteiger partial charge >= 0.3 is 5.97 Å². The van der Waals surface area contributed by atoms with Gasteiger partial charge < -0.3 is 9.47 Å². The molecule has 0 fully saturated rings. The molecule has 7 heteroatoms. The van der Waals surface area contributed by atoms with E-state index in [0.29, 0.717) is 16.3 Å². The lowest BCUT2D eigenvalue weighted by atomic mass is 10.2. The molecule has 2 rings (SSSR count). The molecule has 2 aromatic rings. The number of esters is 1. The van der Waals surface area contributed by atoms with E-state index in [2.05, 4.69) is 5.32 Å². The average molecular weight is 374 g/mol. The van der Waals surface area contributed by atoms with E-state index in [4.69, 9.17) is 21.1 Å². The number of halogens is 1. The zero-order valence-corrected chi connectivity index (χ0v) is 14.7. The number of ether oxygens (including phenoxy) is 2. The fourth-order valence-corrected chi connectivity index (χ4v) is 2.22. The Labute approximate surface area is 155 Å². The molecule has 134 valence electrons. The zero-order chi connectivity index (χ0) is 18.9. The molecule has 0 aliphatic heterocycles. The first-order chi connectivity index (χ1) is 12.5. The molecule has 0 spiro atoms. The van der Waals surface area contributed by atoms with Crippen LogP contribution in [0.1, 0.15) is 15.9 Å². The van der Waals surface area contributed by atoms with Crippen LogP contribution in [0.5, 0.6) is 5.75 Å². The minimum atomic E-state index is -0.745. The van der Waals surface area contributed by atoms with Crippen LogP contribution in [-0.4, -0.2) is 31.5 Å². The van der Waals surface area contributed by atoms with Gasteiger partial charge in [0.05, 0.1) is 12.7 Å². The molecule has 26 heavy (non-hydrogen) atoms. The van der Waals surface area contributed by atoms with Gasteiger partial charge in [0.1, 0.15) is 5.75 Å². The van der Waals surface area contributed by atoms with Gasteiger partial charge in [-0.1, -0.05) is 35.9 Å². The molecule has 0 unspecified atom stereocenters. The van der Waals surface area contributed by atoms with Crippen molar-refractivity contribution in [2.45, 2.75) is 0 Å². The van der Waals surface area contributed by atoms with Crippen LogP contribution >= 0.6 is 11.6 Å². The first kappa shape index (κ1) is 19.2. The number of rotatable bonds is 6. The first-order valence-corrected chi connectivity index (χ1v) is 7.95. The van der Waals surface area contributed by atoms with E-state index < -0.39 is 24.4 Å². The van der Waals surface area contributed by atoms with E-state index in [-0.39, 0.29) is 5.56 Å². The van der Waals surface area contributed by atoms with Gasteiger partial charge in [-0.15, -0.1) is 0 Å². The summed E-state index contributed by atoms with van der Waals surface area (Å²) in [7, 11) is 1.42. The molecular weight excluding hydrogens is 358 g/mol. The summed E-state index contributed by atoms with van der Waals surface area (Å²) in [5.74, 6) is -1.77. The van der Waals surface area contributed by atoms with E-state index in [1.165, 1.54) is 25.3 Å². The molecule has 0 saturated heterocycles. The van der Waals surface area contributed by atoms with Crippen LogP contribution in [0.3, 0.4) is 0 Å². The van der Waals surface area contributed by atoms with E-state index in [1.54, 1.807) is 42.5 Å². The standard InChI is InChI=1S/C19H16ClNO5/c1-25-16-8-3-2-7-15(16)19(24)21-17(22)12-26-18(23)10-9-13-5-4-6-14(20)11-13/h2-11H,12H2,1H3,(H,21,22,24)/b10-9+. The molecule has 0 radical (unpaired) electrons. The lowest BCUT2D eigenvalue weighted by Gasteiger charge is -2.08. The Kier molecular flexibility index (Phi) is 6.93. The highest BCUT2D eigenvalue weighted by molar-refractivity contribution is 6.30. The summed E-state index contributed by atoms with van der Waals surface area (Å²) in [6, 6.07) is 13.3. The fourth-order valence-electron chi connectivity index (χ4n) is 2.02. The summed E-state index contributed by atoms with van der Waals surface area (Å²) in [6.07, 6.45) is 2.67. The van der Waals surface area contributed by atoms with Crippen molar-refractivity contribution in [2.75, 3.05) is 13.7 Å². The van der Waals surface area contributed by atoms with E-state index in [1.807, 2.05) is 0 Å². The fraction of sp³-hybridized carbons (Fsp3) is 0.105. The molecular formula is C19H16ClNO5. The maximum Gasteiger partial charge on any atom is 0.331 e. The Bertz CT molecular complexity index is 847. The highest BCUT2D eigenvalue weighted by Crippen LogP contribution is 2.16. The minimum Gasteiger partial charge on any atom is -0.496 e. The van der Waals surface area contributed by atoms with Crippen molar-refractivity contribution in [2.24, 2.45) is 0 Å². The number of nitrogens with one attached hydrogen (secondary N) is 1. The number of amides is 2. The van der Waals surface area contributed by atoms with Crippen LogP contribution in [0.2, 0.25) is 5.02 Å². The molecule has 0 aromatic heterocycles. The highest BCUT2D eigenvalue weighted by Gasteiger charge is 2.15. The van der Waals surface area contributed by atoms with Gasteiger partial charge in [0, 0.05) is 11.1 Å². The van der Waals surface area contributed by atoms with Crippen molar-refractivity contribution in [1.82, 2.24) is 5.32 Å². The van der Waals surface area contributed by atoms with Crippen molar-refractivity contribution in [3.05, 3.63) is 70.8 Å². The van der Waals surface area contributed by atoms with Crippen molar-refractivity contribution < 1.29 is 23.9 Å². The molecule has 2 amide bonds. The van der Waals surface area contributed by atoms with E-state index >= 15 is 0 Å². The van der Waals surface area contributed by atoms with Gasteiger partial charge in [-0.2, -0.15) is 0 Å². The van der Waals surface area contributed by atoms with Crippen molar-refractivity contribution >= 4 is 35.5 Å². The van der Waals surface area contributed by atoms with Crippen molar-refractivity contribution in [1.29, 1.82) is 0 Å². The van der Waals surface area contributed by atoms with Crippen LogP contribution in [0.4, 0.5) is 0 Å². The predicted octanol–water partition coefficient (Wildman–Crippen LogP) is 2.86. The summed E-state index contributed by atoms with van der Waals surface area (Å²) < 4.78 is 9.85. The lowest BCUT2D eigenvalue weighted by molar-refractivity contribution is -0.143. The summed E-state index contributed by atoms with van der Waals surface area (Å²) >= 11 is 5.84. The quantitative estimate of drug-likeness (QED) is 0.622. The third kappa shape index (κ3) is 5.75.